The number of hydrogen-bond acceptors (Lipinski definition) is 3. The molecule has 0 fully saturated rings. The van der Waals surface area contributed by atoms with Crippen molar-refractivity contribution >= 4 is 11.6 Å². The van der Waals surface area contributed by atoms with Crippen LogP contribution in [0.4, 0.5) is 5.95 Å². The van der Waals surface area contributed by atoms with E-state index in [4.69, 9.17) is 0 Å². The van der Waals surface area contributed by atoms with Crippen LogP contribution in [0.3, 0.4) is 0 Å². The third kappa shape index (κ3) is 1.01. The highest BCUT2D eigenvalue weighted by Gasteiger charge is 2.00. The molecule has 4 nitrogen and oxygen atoms in total. The maximum absolute atomic E-state index is 3.99. The van der Waals surface area contributed by atoms with E-state index in [9.17, 15) is 0 Å². The van der Waals surface area contributed by atoms with Gasteiger partial charge in [-0.15, -0.1) is 10.2 Å². The molecule has 2 aromatic rings. The van der Waals surface area contributed by atoms with E-state index in [1.54, 1.807) is 0 Å². The van der Waals surface area contributed by atoms with Crippen LogP contribution < -0.4 is 5.32 Å². The van der Waals surface area contributed by atoms with Crippen LogP contribution in [0, 0.1) is 0 Å². The molecule has 0 aliphatic heterocycles. The van der Waals surface area contributed by atoms with Gasteiger partial charge in [-0.2, -0.15) is 0 Å². The summed E-state index contributed by atoms with van der Waals surface area (Å²) in [5, 5.41) is 11.1. The molecule has 0 atom stereocenters. The molecular weight excluding hydrogens is 152 g/mol. The average molecular weight is 162 g/mol. The maximum atomic E-state index is 3.99. The number of pyridine rings is 1. The molecule has 2 heterocycles. The first-order chi connectivity index (χ1) is 5.92. The fraction of sp³-hybridized carbons (Fsp3) is 0.250. The molecule has 2 aromatic heterocycles. The first-order valence-corrected chi connectivity index (χ1v) is 3.95. The quantitative estimate of drug-likeness (QED) is 0.720. The van der Waals surface area contributed by atoms with Crippen LogP contribution in [0.1, 0.15) is 6.92 Å². The minimum atomic E-state index is 0.799. The summed E-state index contributed by atoms with van der Waals surface area (Å²) in [6, 6.07) is 5.82. The molecule has 0 saturated carbocycles. The molecule has 0 radical (unpaired) electrons. The topological polar surface area (TPSA) is 42.2 Å². The van der Waals surface area contributed by atoms with Gasteiger partial charge in [0, 0.05) is 12.7 Å². The van der Waals surface area contributed by atoms with E-state index >= 15 is 0 Å². The fourth-order valence-electron chi connectivity index (χ4n) is 1.12. The van der Waals surface area contributed by atoms with Gasteiger partial charge in [0.1, 0.15) is 0 Å². The van der Waals surface area contributed by atoms with E-state index in [1.165, 1.54) is 0 Å². The van der Waals surface area contributed by atoms with Crippen molar-refractivity contribution in [3.05, 3.63) is 24.4 Å². The second kappa shape index (κ2) is 2.81. The van der Waals surface area contributed by atoms with Crippen molar-refractivity contribution in [3.8, 4) is 0 Å². The molecular formula is C8H10N4. The zero-order valence-corrected chi connectivity index (χ0v) is 6.86. The van der Waals surface area contributed by atoms with Gasteiger partial charge in [-0.05, 0) is 19.1 Å². The van der Waals surface area contributed by atoms with Crippen molar-refractivity contribution in [1.29, 1.82) is 0 Å². The molecule has 0 bridgehead atoms. The highest BCUT2D eigenvalue weighted by molar-refractivity contribution is 5.44. The third-order valence-corrected chi connectivity index (χ3v) is 1.65. The maximum Gasteiger partial charge on any atom is 0.229 e. The van der Waals surface area contributed by atoms with Gasteiger partial charge in [-0.3, -0.25) is 4.40 Å². The van der Waals surface area contributed by atoms with Gasteiger partial charge in [0.25, 0.3) is 0 Å². The number of rotatable bonds is 2. The van der Waals surface area contributed by atoms with Crippen LogP contribution in [0.5, 0.6) is 0 Å². The van der Waals surface area contributed by atoms with Crippen LogP contribution in [0.25, 0.3) is 5.65 Å². The van der Waals surface area contributed by atoms with Crippen molar-refractivity contribution < 1.29 is 0 Å². The van der Waals surface area contributed by atoms with Gasteiger partial charge in [0.15, 0.2) is 5.65 Å². The summed E-state index contributed by atoms with van der Waals surface area (Å²) in [6.07, 6.45) is 1.94. The van der Waals surface area contributed by atoms with Crippen molar-refractivity contribution in [2.75, 3.05) is 11.9 Å². The molecule has 62 valence electrons. The summed E-state index contributed by atoms with van der Waals surface area (Å²) in [4.78, 5) is 0. The third-order valence-electron chi connectivity index (χ3n) is 1.65. The summed E-state index contributed by atoms with van der Waals surface area (Å²) >= 11 is 0. The Bertz CT molecular complexity index is 379. The number of hydrogen-bond donors (Lipinski definition) is 1. The Morgan fingerprint density at radius 1 is 1.42 bits per heavy atom. The molecule has 0 aliphatic carbocycles. The largest absolute Gasteiger partial charge is 0.354 e. The monoisotopic (exact) mass is 162 g/mol. The molecule has 0 spiro atoms. The Hall–Kier alpha value is -1.58. The Balaban J connectivity index is 2.55. The van der Waals surface area contributed by atoms with Gasteiger partial charge in [-0.1, -0.05) is 6.07 Å². The zero-order chi connectivity index (χ0) is 8.39. The van der Waals surface area contributed by atoms with Crippen LogP contribution in [0.2, 0.25) is 0 Å². The highest BCUT2D eigenvalue weighted by Crippen LogP contribution is 2.06. The van der Waals surface area contributed by atoms with Crippen LogP contribution >= 0.6 is 0 Å². The average Bonchev–Trinajstić information content (AvgIpc) is 2.50. The highest BCUT2D eigenvalue weighted by atomic mass is 15.3. The van der Waals surface area contributed by atoms with E-state index in [0.29, 0.717) is 0 Å². The first-order valence-electron chi connectivity index (χ1n) is 3.95. The summed E-state index contributed by atoms with van der Waals surface area (Å²) in [6.45, 7) is 2.89. The number of nitrogens with one attached hydrogen (secondary N) is 1. The number of anilines is 1. The van der Waals surface area contributed by atoms with Crippen molar-refractivity contribution in [2.24, 2.45) is 0 Å². The molecule has 1 N–H and O–H groups in total. The van der Waals surface area contributed by atoms with Gasteiger partial charge in [-0.25, -0.2) is 0 Å². The van der Waals surface area contributed by atoms with E-state index in [1.807, 2.05) is 35.7 Å². The predicted molar refractivity (Wildman–Crippen MR) is 47.2 cm³/mol. The first kappa shape index (κ1) is 7.09. The van der Waals surface area contributed by atoms with Crippen LogP contribution in [0.15, 0.2) is 24.4 Å². The smallest absolute Gasteiger partial charge is 0.229 e. The number of fused-ring (bicyclic) bond motifs is 1. The number of aromatic nitrogens is 3. The molecule has 0 unspecified atom stereocenters. The second-order valence-corrected chi connectivity index (χ2v) is 2.48. The summed E-state index contributed by atoms with van der Waals surface area (Å²) in [7, 11) is 0. The van der Waals surface area contributed by atoms with E-state index in [2.05, 4.69) is 15.5 Å². The molecule has 0 aliphatic rings. The lowest BCUT2D eigenvalue weighted by atomic mass is 10.5. The lowest BCUT2D eigenvalue weighted by molar-refractivity contribution is 1.05. The van der Waals surface area contributed by atoms with Crippen molar-refractivity contribution in [1.82, 2.24) is 14.6 Å². The van der Waals surface area contributed by atoms with Gasteiger partial charge in [0.05, 0.1) is 0 Å². The van der Waals surface area contributed by atoms with Crippen LogP contribution in [-0.4, -0.2) is 21.1 Å². The van der Waals surface area contributed by atoms with E-state index < -0.39 is 0 Å². The number of nitrogens with zero attached hydrogens (tertiary/aromatic N) is 3. The minimum absolute atomic E-state index is 0.799. The summed E-state index contributed by atoms with van der Waals surface area (Å²) < 4.78 is 1.92. The SMILES string of the molecule is CCNc1nnc2ccccn12. The molecule has 4 heteroatoms. The standard InChI is InChI=1S/C8H10N4/c1-2-9-8-11-10-7-5-3-4-6-12(7)8/h3-6H,2H2,1H3,(H,9,11). The molecule has 0 amide bonds. The fourth-order valence-corrected chi connectivity index (χ4v) is 1.12. The Morgan fingerprint density at radius 3 is 3.17 bits per heavy atom. The van der Waals surface area contributed by atoms with E-state index in [-0.39, 0.29) is 0 Å². The molecule has 12 heavy (non-hydrogen) atoms. The normalized spacial score (nSPS) is 10.4. The Labute approximate surface area is 70.2 Å². The van der Waals surface area contributed by atoms with E-state index in [0.717, 1.165) is 18.1 Å². The summed E-state index contributed by atoms with van der Waals surface area (Å²) in [5.74, 6) is 0.799. The second-order valence-electron chi connectivity index (χ2n) is 2.48. The van der Waals surface area contributed by atoms with Crippen LogP contribution in [-0.2, 0) is 0 Å². The van der Waals surface area contributed by atoms with Crippen molar-refractivity contribution in [3.63, 3.8) is 0 Å². The van der Waals surface area contributed by atoms with Crippen molar-refractivity contribution in [2.45, 2.75) is 6.92 Å². The molecule has 0 saturated heterocycles. The minimum Gasteiger partial charge on any atom is -0.354 e. The van der Waals surface area contributed by atoms with Gasteiger partial charge < -0.3 is 5.32 Å². The Kier molecular flexibility index (Phi) is 1.66. The summed E-state index contributed by atoms with van der Waals surface area (Å²) in [5.41, 5.74) is 0.869. The predicted octanol–water partition coefficient (Wildman–Crippen LogP) is 1.16. The lowest BCUT2D eigenvalue weighted by Gasteiger charge is -1.98. The zero-order valence-electron chi connectivity index (χ0n) is 6.86. The molecule has 2 rings (SSSR count). The van der Waals surface area contributed by atoms with Gasteiger partial charge >= 0.3 is 0 Å². The van der Waals surface area contributed by atoms with Gasteiger partial charge in [0.2, 0.25) is 5.95 Å². The lowest BCUT2D eigenvalue weighted by Crippen LogP contribution is -2.00. The molecule has 0 aromatic carbocycles. The Morgan fingerprint density at radius 2 is 2.33 bits per heavy atom.